The molecule has 0 amide bonds. The zero-order valence-corrected chi connectivity index (χ0v) is 7.73. The van der Waals surface area contributed by atoms with Gasteiger partial charge in [0.1, 0.15) is 0 Å². The second-order valence-corrected chi connectivity index (χ2v) is 4.84. The van der Waals surface area contributed by atoms with Crippen molar-refractivity contribution in [1.82, 2.24) is 0 Å². The summed E-state index contributed by atoms with van der Waals surface area (Å²) in [7, 11) is -2.30. The van der Waals surface area contributed by atoms with Gasteiger partial charge in [-0.2, -0.15) is 0 Å². The molecule has 3 heteroatoms. The summed E-state index contributed by atoms with van der Waals surface area (Å²) in [4.78, 5) is 0. The van der Waals surface area contributed by atoms with Crippen LogP contribution >= 0.6 is 7.37 Å². The minimum Gasteiger partial charge on any atom is -0.329 e. The molecule has 0 saturated heterocycles. The van der Waals surface area contributed by atoms with Gasteiger partial charge in [-0.3, -0.25) is 4.57 Å². The van der Waals surface area contributed by atoms with Gasteiger partial charge in [-0.05, 0) is 13.8 Å². The Morgan fingerprint density at radius 3 is 2.60 bits per heavy atom. The number of hydrogen-bond acceptors (Lipinski definition) is 2. The lowest BCUT2D eigenvalue weighted by atomic mass is 10.6. The fourth-order valence-corrected chi connectivity index (χ4v) is 1.87. The van der Waals surface area contributed by atoms with Gasteiger partial charge >= 0.3 is 0 Å². The summed E-state index contributed by atoms with van der Waals surface area (Å²) >= 11 is 0. The van der Waals surface area contributed by atoms with E-state index in [1.165, 1.54) is 0 Å². The molecular weight excluding hydrogens is 147 g/mol. The first kappa shape index (κ1) is 9.93. The minimum atomic E-state index is -2.30. The number of rotatable bonds is 4. The van der Waals surface area contributed by atoms with Gasteiger partial charge in [-0.25, -0.2) is 0 Å². The molecule has 0 bridgehead atoms. The molecule has 0 radical (unpaired) electrons. The Hall–Kier alpha value is -0.0700. The summed E-state index contributed by atoms with van der Waals surface area (Å²) in [5, 5.41) is 0. The highest BCUT2D eigenvalue weighted by atomic mass is 31.2. The highest BCUT2D eigenvalue weighted by Gasteiger charge is 2.10. The second-order valence-electron chi connectivity index (χ2n) is 2.18. The number of allylic oxidation sites excluding steroid dienone is 2. The molecule has 0 aliphatic carbocycles. The molecule has 0 saturated carbocycles. The maximum absolute atomic E-state index is 11.3. The second kappa shape index (κ2) is 4.70. The van der Waals surface area contributed by atoms with Crippen molar-refractivity contribution in [3.05, 3.63) is 12.2 Å². The SMILES string of the molecule is C/C=C/CP(C)(=O)OCC. The highest BCUT2D eigenvalue weighted by Crippen LogP contribution is 2.41. The molecule has 0 aliphatic heterocycles. The van der Waals surface area contributed by atoms with Gasteiger partial charge in [-0.1, -0.05) is 12.2 Å². The van der Waals surface area contributed by atoms with Crippen LogP contribution in [0.2, 0.25) is 0 Å². The van der Waals surface area contributed by atoms with Crippen LogP contribution in [0.1, 0.15) is 13.8 Å². The molecule has 0 rings (SSSR count). The maximum atomic E-state index is 11.3. The maximum Gasteiger partial charge on any atom is 0.203 e. The molecule has 0 aromatic heterocycles. The van der Waals surface area contributed by atoms with E-state index in [2.05, 4.69) is 0 Å². The van der Waals surface area contributed by atoms with Crippen molar-refractivity contribution in [3.8, 4) is 0 Å². The van der Waals surface area contributed by atoms with E-state index >= 15 is 0 Å². The molecule has 0 fully saturated rings. The van der Waals surface area contributed by atoms with E-state index in [0.717, 1.165) is 0 Å². The fraction of sp³-hybridized carbons (Fsp3) is 0.714. The molecule has 1 unspecified atom stereocenters. The molecule has 0 spiro atoms. The Bertz CT molecular complexity index is 152. The van der Waals surface area contributed by atoms with E-state index in [9.17, 15) is 4.57 Å². The van der Waals surface area contributed by atoms with Gasteiger partial charge in [0.2, 0.25) is 7.37 Å². The van der Waals surface area contributed by atoms with Crippen LogP contribution in [0.25, 0.3) is 0 Å². The summed E-state index contributed by atoms with van der Waals surface area (Å²) in [6.45, 7) is 5.96. The van der Waals surface area contributed by atoms with Gasteiger partial charge in [0.05, 0.1) is 6.61 Å². The molecular formula is C7H15O2P. The van der Waals surface area contributed by atoms with Crippen LogP contribution in [-0.4, -0.2) is 19.4 Å². The lowest BCUT2D eigenvalue weighted by Crippen LogP contribution is -1.90. The van der Waals surface area contributed by atoms with E-state index in [4.69, 9.17) is 4.52 Å². The van der Waals surface area contributed by atoms with Crippen LogP contribution < -0.4 is 0 Å². The fourth-order valence-electron chi connectivity index (χ4n) is 0.623. The summed E-state index contributed by atoms with van der Waals surface area (Å²) < 4.78 is 16.3. The lowest BCUT2D eigenvalue weighted by Gasteiger charge is -2.08. The minimum absolute atomic E-state index is 0.533. The summed E-state index contributed by atoms with van der Waals surface area (Å²) in [5.41, 5.74) is 0. The number of hydrogen-bond donors (Lipinski definition) is 0. The third-order valence-electron chi connectivity index (χ3n) is 1.07. The van der Waals surface area contributed by atoms with Crippen molar-refractivity contribution in [2.45, 2.75) is 13.8 Å². The molecule has 0 N–H and O–H groups in total. The first-order valence-corrected chi connectivity index (χ1v) is 5.70. The predicted molar refractivity (Wildman–Crippen MR) is 44.8 cm³/mol. The van der Waals surface area contributed by atoms with Crippen molar-refractivity contribution in [3.63, 3.8) is 0 Å². The zero-order valence-electron chi connectivity index (χ0n) is 6.83. The van der Waals surface area contributed by atoms with Crippen LogP contribution in [0.4, 0.5) is 0 Å². The smallest absolute Gasteiger partial charge is 0.203 e. The van der Waals surface area contributed by atoms with Crippen LogP contribution in [-0.2, 0) is 9.09 Å². The topological polar surface area (TPSA) is 26.3 Å². The monoisotopic (exact) mass is 162 g/mol. The highest BCUT2D eigenvalue weighted by molar-refractivity contribution is 7.58. The van der Waals surface area contributed by atoms with Gasteiger partial charge in [0, 0.05) is 12.8 Å². The summed E-state index contributed by atoms with van der Waals surface area (Å²) in [6, 6.07) is 0. The average molecular weight is 162 g/mol. The molecule has 0 aromatic rings. The van der Waals surface area contributed by atoms with Crippen molar-refractivity contribution in [2.75, 3.05) is 19.4 Å². The first-order chi connectivity index (χ1) is 4.62. The van der Waals surface area contributed by atoms with E-state index in [1.807, 2.05) is 26.0 Å². The van der Waals surface area contributed by atoms with Crippen LogP contribution in [0.3, 0.4) is 0 Å². The van der Waals surface area contributed by atoms with Gasteiger partial charge in [-0.15, -0.1) is 0 Å². The normalized spacial score (nSPS) is 17.5. The third kappa shape index (κ3) is 4.78. The van der Waals surface area contributed by atoms with E-state index in [0.29, 0.717) is 12.8 Å². The van der Waals surface area contributed by atoms with Gasteiger partial charge in [0.25, 0.3) is 0 Å². The molecule has 10 heavy (non-hydrogen) atoms. The Morgan fingerprint density at radius 1 is 1.60 bits per heavy atom. The van der Waals surface area contributed by atoms with Crippen molar-refractivity contribution in [1.29, 1.82) is 0 Å². The molecule has 60 valence electrons. The average Bonchev–Trinajstić information content (AvgIpc) is 1.84. The third-order valence-corrected chi connectivity index (χ3v) is 2.75. The molecule has 2 nitrogen and oxygen atoms in total. The molecule has 1 atom stereocenters. The zero-order chi connectivity index (χ0) is 8.04. The summed E-state index contributed by atoms with van der Waals surface area (Å²) in [6.07, 6.45) is 4.31. The van der Waals surface area contributed by atoms with Crippen molar-refractivity contribution >= 4 is 7.37 Å². The van der Waals surface area contributed by atoms with Crippen LogP contribution in [0.15, 0.2) is 12.2 Å². The lowest BCUT2D eigenvalue weighted by molar-refractivity contribution is 0.339. The standard InChI is InChI=1S/C7H15O2P/c1-4-6-7-10(3,8)9-5-2/h4,6H,5,7H2,1-3H3/b6-4+. The molecule has 0 heterocycles. The Labute approximate surface area is 62.7 Å². The van der Waals surface area contributed by atoms with E-state index < -0.39 is 7.37 Å². The first-order valence-electron chi connectivity index (χ1n) is 3.44. The van der Waals surface area contributed by atoms with E-state index in [1.54, 1.807) is 6.66 Å². The van der Waals surface area contributed by atoms with Gasteiger partial charge in [0.15, 0.2) is 0 Å². The van der Waals surface area contributed by atoms with Crippen LogP contribution in [0, 0.1) is 0 Å². The van der Waals surface area contributed by atoms with Crippen molar-refractivity contribution in [2.24, 2.45) is 0 Å². The Morgan fingerprint density at radius 2 is 2.20 bits per heavy atom. The Kier molecular flexibility index (Phi) is 4.67. The molecule has 0 aromatic carbocycles. The van der Waals surface area contributed by atoms with Crippen molar-refractivity contribution < 1.29 is 9.09 Å². The van der Waals surface area contributed by atoms with E-state index in [-0.39, 0.29) is 0 Å². The quantitative estimate of drug-likeness (QED) is 0.469. The van der Waals surface area contributed by atoms with Gasteiger partial charge < -0.3 is 4.52 Å². The summed E-state index contributed by atoms with van der Waals surface area (Å²) in [5.74, 6) is 0. The molecule has 0 aliphatic rings. The Balaban J connectivity index is 3.75. The van der Waals surface area contributed by atoms with Crippen LogP contribution in [0.5, 0.6) is 0 Å². The predicted octanol–water partition coefficient (Wildman–Crippen LogP) is 2.51. The largest absolute Gasteiger partial charge is 0.329 e.